The van der Waals surface area contributed by atoms with Crippen LogP contribution in [0, 0.1) is 23.3 Å². The lowest BCUT2D eigenvalue weighted by molar-refractivity contribution is -0.120. The number of alkyl halides is 1. The molecule has 2 aliphatic rings. The number of ether oxygens (including phenoxy) is 4. The highest BCUT2D eigenvalue weighted by atomic mass is 127. The van der Waals surface area contributed by atoms with Gasteiger partial charge in [-0.1, -0.05) is 22.6 Å². The van der Waals surface area contributed by atoms with Crippen LogP contribution >= 0.6 is 22.6 Å². The monoisotopic (exact) mass is 784 g/mol. The van der Waals surface area contributed by atoms with Gasteiger partial charge in [-0.2, -0.15) is 0 Å². The number of carbonyl (C=O) groups excluding carboxylic acids is 4. The molecule has 17 heteroatoms. The van der Waals surface area contributed by atoms with Crippen molar-refractivity contribution < 1.29 is 55.7 Å². The Bertz CT molecular complexity index is 1480. The second-order valence-electron chi connectivity index (χ2n) is 11.9. The van der Waals surface area contributed by atoms with Crippen molar-refractivity contribution in [2.75, 3.05) is 35.4 Å². The summed E-state index contributed by atoms with van der Waals surface area (Å²) in [6.45, 7) is 9.51. The normalized spacial score (nSPS) is 17.2. The molecule has 0 aromatic heterocycles. The van der Waals surface area contributed by atoms with Gasteiger partial charge in [-0.3, -0.25) is 9.59 Å². The van der Waals surface area contributed by atoms with E-state index in [4.69, 9.17) is 18.9 Å². The highest BCUT2D eigenvalue weighted by Gasteiger charge is 2.34. The number of amides is 4. The van der Waals surface area contributed by atoms with Crippen molar-refractivity contribution in [2.24, 2.45) is 0 Å². The summed E-state index contributed by atoms with van der Waals surface area (Å²) in [5, 5.41) is 6.95. The number of fused-ring (bicyclic) bond motifs is 2. The Hall–Kier alpha value is -4.03. The fourth-order valence-electron chi connectivity index (χ4n) is 3.92. The SMILES string of the molecule is CC(C)(C)OC(=O)N[C@H]1COc2cc(F)cc(F)c2NC1=O.CI.CN1C(=O)[C@@H](NC(=O)OC(C)(C)C)COc2cc(F)cc(F)c21. The van der Waals surface area contributed by atoms with Crippen LogP contribution in [0.1, 0.15) is 41.5 Å². The molecule has 3 N–H and O–H groups in total. The van der Waals surface area contributed by atoms with Gasteiger partial charge in [0.2, 0.25) is 0 Å². The zero-order valence-corrected chi connectivity index (χ0v) is 29.1. The summed E-state index contributed by atoms with van der Waals surface area (Å²) in [5.74, 6) is -5.05. The lowest BCUT2D eigenvalue weighted by Crippen LogP contribution is -2.50. The van der Waals surface area contributed by atoms with Gasteiger partial charge in [0.1, 0.15) is 71.0 Å². The highest BCUT2D eigenvalue weighted by molar-refractivity contribution is 14.1. The molecule has 2 heterocycles. The molecular weight excluding hydrogens is 747 g/mol. The van der Waals surface area contributed by atoms with Gasteiger partial charge in [-0.15, -0.1) is 0 Å². The van der Waals surface area contributed by atoms with Crippen LogP contribution in [-0.2, 0) is 19.1 Å². The van der Waals surface area contributed by atoms with Crippen LogP contribution in [0.5, 0.6) is 11.5 Å². The molecule has 0 spiro atoms. The number of likely N-dealkylation sites (N-methyl/N-ethyl adjacent to an activating group) is 1. The van der Waals surface area contributed by atoms with Crippen LogP contribution in [0.15, 0.2) is 24.3 Å². The third-order valence-corrected chi connectivity index (χ3v) is 5.73. The average Bonchev–Trinajstić information content (AvgIpc) is 3.14. The lowest BCUT2D eigenvalue weighted by atomic mass is 10.2. The Labute approximate surface area is 282 Å². The zero-order valence-electron chi connectivity index (χ0n) is 27.0. The first-order chi connectivity index (χ1) is 21.7. The molecule has 2 aromatic carbocycles. The van der Waals surface area contributed by atoms with Crippen molar-refractivity contribution in [3.8, 4) is 11.5 Å². The topological polar surface area (TPSA) is 145 Å². The van der Waals surface area contributed by atoms with Gasteiger partial charge in [0, 0.05) is 31.3 Å². The Balaban J connectivity index is 0.000000311. The van der Waals surface area contributed by atoms with Gasteiger partial charge in [0.05, 0.1) is 0 Å². The Morgan fingerprint density at radius 3 is 1.79 bits per heavy atom. The fraction of sp³-hybridized carbons (Fsp3) is 0.467. The molecule has 0 saturated heterocycles. The summed E-state index contributed by atoms with van der Waals surface area (Å²) in [6, 6.07) is 1.05. The second kappa shape index (κ2) is 16.2. The summed E-state index contributed by atoms with van der Waals surface area (Å²) in [6.07, 6.45) is -1.61. The van der Waals surface area contributed by atoms with E-state index in [0.717, 1.165) is 17.0 Å². The number of halogens is 5. The standard InChI is InChI=1S/C15H18F2N2O4.C14H16F2N2O4.CH3I/c1-15(2,3)23-14(21)18-10-7-22-11-6-8(16)5-9(17)12(11)19(4)13(10)20;1-14(2,3)22-13(20)17-9-6-21-10-5-7(15)4-8(16)11(10)18-12(9)19;1-2/h5-6,10H,7H2,1-4H3,(H,18,21);4-5,9H,6H2,1-3H3,(H,17,20)(H,18,19);1H3/t10-;9-;/m00./s1. The van der Waals surface area contributed by atoms with Crippen molar-refractivity contribution in [3.63, 3.8) is 0 Å². The van der Waals surface area contributed by atoms with E-state index in [1.807, 2.05) is 4.93 Å². The van der Waals surface area contributed by atoms with Crippen molar-refractivity contribution in [2.45, 2.75) is 64.8 Å². The predicted molar refractivity (Wildman–Crippen MR) is 172 cm³/mol. The first-order valence-electron chi connectivity index (χ1n) is 13.9. The molecule has 2 atom stereocenters. The molecule has 2 aliphatic heterocycles. The summed E-state index contributed by atoms with van der Waals surface area (Å²) in [4.78, 5) is 50.8. The van der Waals surface area contributed by atoms with Gasteiger partial charge < -0.3 is 39.8 Å². The summed E-state index contributed by atoms with van der Waals surface area (Å²) in [5.41, 5.74) is -1.91. The molecule has 12 nitrogen and oxygen atoms in total. The number of benzene rings is 2. The van der Waals surface area contributed by atoms with Crippen LogP contribution in [0.4, 0.5) is 38.5 Å². The molecule has 0 bridgehead atoms. The van der Waals surface area contributed by atoms with Gasteiger partial charge in [0.15, 0.2) is 11.6 Å². The lowest BCUT2D eigenvalue weighted by Gasteiger charge is -2.23. The van der Waals surface area contributed by atoms with Crippen molar-refractivity contribution in [1.82, 2.24) is 10.6 Å². The van der Waals surface area contributed by atoms with E-state index in [9.17, 15) is 36.7 Å². The maximum atomic E-state index is 13.9. The number of nitrogens with zero attached hydrogens (tertiary/aromatic N) is 1. The maximum absolute atomic E-state index is 13.9. The van der Waals surface area contributed by atoms with Gasteiger partial charge in [-0.05, 0) is 46.5 Å². The molecule has 0 unspecified atom stereocenters. The first kappa shape index (κ1) is 39.1. The van der Waals surface area contributed by atoms with Crippen LogP contribution in [0.3, 0.4) is 0 Å². The number of hydrogen-bond donors (Lipinski definition) is 3. The minimum atomic E-state index is -1.09. The van der Waals surface area contributed by atoms with Gasteiger partial charge in [0.25, 0.3) is 11.8 Å². The highest BCUT2D eigenvalue weighted by Crippen LogP contribution is 2.34. The van der Waals surface area contributed by atoms with Crippen molar-refractivity contribution in [3.05, 3.63) is 47.5 Å². The number of carbonyl (C=O) groups is 4. The van der Waals surface area contributed by atoms with E-state index in [1.54, 1.807) is 41.5 Å². The van der Waals surface area contributed by atoms with Gasteiger partial charge >= 0.3 is 12.2 Å². The molecular formula is C30H37F4IN4O8. The Morgan fingerprint density at radius 2 is 1.26 bits per heavy atom. The molecule has 4 rings (SSSR count). The Kier molecular flexibility index (Phi) is 13.5. The van der Waals surface area contributed by atoms with Gasteiger partial charge in [-0.25, -0.2) is 27.2 Å². The van der Waals surface area contributed by atoms with Crippen LogP contribution < -0.4 is 30.3 Å². The minimum absolute atomic E-state index is 0.105. The van der Waals surface area contributed by atoms with E-state index >= 15 is 0 Å². The Morgan fingerprint density at radius 1 is 0.809 bits per heavy atom. The fourth-order valence-corrected chi connectivity index (χ4v) is 3.92. The molecule has 0 saturated carbocycles. The predicted octanol–water partition coefficient (Wildman–Crippen LogP) is 5.45. The second-order valence-corrected chi connectivity index (χ2v) is 11.9. The molecule has 0 aliphatic carbocycles. The molecule has 4 amide bonds. The number of alkyl carbamates (subject to hydrolysis) is 2. The largest absolute Gasteiger partial charge is 0.488 e. The quantitative estimate of drug-likeness (QED) is 0.207. The van der Waals surface area contributed by atoms with E-state index in [1.165, 1.54) is 7.05 Å². The van der Waals surface area contributed by atoms with Crippen LogP contribution in [-0.4, -0.2) is 72.5 Å². The number of nitrogens with one attached hydrogen (secondary N) is 3. The number of anilines is 2. The number of hydrogen-bond acceptors (Lipinski definition) is 8. The summed E-state index contributed by atoms with van der Waals surface area (Å²) < 4.78 is 74.6. The van der Waals surface area contributed by atoms with E-state index in [0.29, 0.717) is 12.1 Å². The van der Waals surface area contributed by atoms with E-state index in [2.05, 4.69) is 38.5 Å². The average molecular weight is 785 g/mol. The van der Waals surface area contributed by atoms with E-state index in [-0.39, 0.29) is 36.1 Å². The molecule has 260 valence electrons. The molecule has 2 aromatic rings. The molecule has 47 heavy (non-hydrogen) atoms. The molecule has 0 radical (unpaired) electrons. The minimum Gasteiger partial charge on any atom is -0.488 e. The smallest absolute Gasteiger partial charge is 0.408 e. The molecule has 0 fully saturated rings. The zero-order chi connectivity index (χ0) is 35.9. The van der Waals surface area contributed by atoms with Crippen molar-refractivity contribution >= 4 is 58.0 Å². The summed E-state index contributed by atoms with van der Waals surface area (Å²) in [7, 11) is 1.32. The van der Waals surface area contributed by atoms with Crippen LogP contribution in [0.2, 0.25) is 0 Å². The first-order valence-corrected chi connectivity index (χ1v) is 16.1. The number of rotatable bonds is 2. The third kappa shape index (κ3) is 11.6. The third-order valence-electron chi connectivity index (χ3n) is 5.73. The summed E-state index contributed by atoms with van der Waals surface area (Å²) >= 11 is 2.15. The van der Waals surface area contributed by atoms with Crippen molar-refractivity contribution in [1.29, 1.82) is 0 Å². The van der Waals surface area contributed by atoms with Crippen LogP contribution in [0.25, 0.3) is 0 Å². The van der Waals surface area contributed by atoms with E-state index < -0.39 is 70.6 Å². The maximum Gasteiger partial charge on any atom is 0.408 e.